The number of amides is 2. The second-order valence-electron chi connectivity index (χ2n) is 7.24. The summed E-state index contributed by atoms with van der Waals surface area (Å²) < 4.78 is 5.36. The summed E-state index contributed by atoms with van der Waals surface area (Å²) in [5.41, 5.74) is 1.88. The Morgan fingerprint density at radius 2 is 1.88 bits per heavy atom. The van der Waals surface area contributed by atoms with Crippen LogP contribution in [0.4, 0.5) is 0 Å². The Labute approximate surface area is 149 Å². The van der Waals surface area contributed by atoms with Crippen molar-refractivity contribution in [2.45, 2.75) is 32.6 Å². The lowest BCUT2D eigenvalue weighted by Gasteiger charge is -2.31. The maximum absolute atomic E-state index is 12.5. The van der Waals surface area contributed by atoms with Gasteiger partial charge in [-0.1, -0.05) is 17.7 Å². The van der Waals surface area contributed by atoms with Crippen LogP contribution in [-0.2, 0) is 9.53 Å². The number of benzene rings is 1. The van der Waals surface area contributed by atoms with Crippen molar-refractivity contribution in [1.82, 2.24) is 10.2 Å². The van der Waals surface area contributed by atoms with Gasteiger partial charge in [0, 0.05) is 44.3 Å². The van der Waals surface area contributed by atoms with Gasteiger partial charge in [0.2, 0.25) is 5.91 Å². The summed E-state index contributed by atoms with van der Waals surface area (Å²) in [6, 6.07) is 7.68. The number of piperidine rings is 1. The third-order valence-electron chi connectivity index (χ3n) is 5.33. The molecule has 1 aromatic carbocycles. The lowest BCUT2D eigenvalue weighted by atomic mass is 9.95. The number of aryl methyl sites for hydroxylation is 1. The summed E-state index contributed by atoms with van der Waals surface area (Å²) in [6.45, 7) is 5.73. The number of hydrogen-bond donors (Lipinski definition) is 1. The molecule has 2 aliphatic heterocycles. The number of rotatable bonds is 5. The minimum absolute atomic E-state index is 0.0295. The van der Waals surface area contributed by atoms with Crippen LogP contribution in [-0.4, -0.2) is 49.6 Å². The van der Waals surface area contributed by atoms with Gasteiger partial charge in [-0.25, -0.2) is 0 Å². The lowest BCUT2D eigenvalue weighted by molar-refractivity contribution is -0.126. The van der Waals surface area contributed by atoms with Crippen LogP contribution in [0, 0.1) is 18.8 Å². The molecule has 3 rings (SSSR count). The van der Waals surface area contributed by atoms with E-state index in [0.29, 0.717) is 19.0 Å². The van der Waals surface area contributed by atoms with E-state index < -0.39 is 0 Å². The predicted molar refractivity (Wildman–Crippen MR) is 96.4 cm³/mol. The highest BCUT2D eigenvalue weighted by atomic mass is 16.5. The summed E-state index contributed by atoms with van der Waals surface area (Å²) in [7, 11) is 0. The molecule has 2 aliphatic rings. The fourth-order valence-electron chi connectivity index (χ4n) is 3.58. The average Bonchev–Trinajstić information content (AvgIpc) is 3.15. The molecule has 1 atom stereocenters. The number of hydrogen-bond acceptors (Lipinski definition) is 3. The van der Waals surface area contributed by atoms with E-state index in [1.54, 1.807) is 0 Å². The predicted octanol–water partition coefficient (Wildman–Crippen LogP) is 2.39. The SMILES string of the molecule is Cc1ccc(C(=O)N2CCC(C(=O)NCC[C@@H]3CCOC3)CC2)cc1. The van der Waals surface area contributed by atoms with Crippen LogP contribution >= 0.6 is 0 Å². The summed E-state index contributed by atoms with van der Waals surface area (Å²) in [4.78, 5) is 26.7. The number of likely N-dealkylation sites (tertiary alicyclic amines) is 1. The molecule has 2 heterocycles. The van der Waals surface area contributed by atoms with E-state index >= 15 is 0 Å². The van der Waals surface area contributed by atoms with Gasteiger partial charge in [-0.05, 0) is 50.7 Å². The number of ether oxygens (including phenoxy) is 1. The first-order valence-corrected chi connectivity index (χ1v) is 9.35. The van der Waals surface area contributed by atoms with Gasteiger partial charge >= 0.3 is 0 Å². The van der Waals surface area contributed by atoms with Crippen LogP contribution in [0.25, 0.3) is 0 Å². The van der Waals surface area contributed by atoms with E-state index in [4.69, 9.17) is 4.74 Å². The molecule has 5 heteroatoms. The van der Waals surface area contributed by atoms with Crippen molar-refractivity contribution in [3.05, 3.63) is 35.4 Å². The quantitative estimate of drug-likeness (QED) is 0.892. The van der Waals surface area contributed by atoms with Gasteiger partial charge in [0.1, 0.15) is 0 Å². The number of carbonyl (C=O) groups excluding carboxylic acids is 2. The van der Waals surface area contributed by atoms with Gasteiger partial charge in [0.15, 0.2) is 0 Å². The molecule has 0 radical (unpaired) electrons. The molecule has 1 aromatic rings. The lowest BCUT2D eigenvalue weighted by Crippen LogP contribution is -2.43. The van der Waals surface area contributed by atoms with Gasteiger partial charge in [0.25, 0.3) is 5.91 Å². The molecule has 2 fully saturated rings. The Bertz CT molecular complexity index is 585. The minimum atomic E-state index is 0.0295. The first kappa shape index (κ1) is 17.9. The van der Waals surface area contributed by atoms with Crippen LogP contribution in [0.1, 0.15) is 41.6 Å². The fourth-order valence-corrected chi connectivity index (χ4v) is 3.58. The second kappa shape index (κ2) is 8.48. The maximum Gasteiger partial charge on any atom is 0.253 e. The van der Waals surface area contributed by atoms with E-state index in [0.717, 1.165) is 56.6 Å². The van der Waals surface area contributed by atoms with Gasteiger partial charge < -0.3 is 15.0 Å². The molecule has 0 bridgehead atoms. The molecule has 0 unspecified atom stereocenters. The van der Waals surface area contributed by atoms with Crippen molar-refractivity contribution < 1.29 is 14.3 Å². The zero-order valence-electron chi connectivity index (χ0n) is 15.0. The van der Waals surface area contributed by atoms with Crippen molar-refractivity contribution >= 4 is 11.8 Å². The summed E-state index contributed by atoms with van der Waals surface area (Å²) in [5, 5.41) is 3.06. The molecular formula is C20H28N2O3. The Kier molecular flexibility index (Phi) is 6.08. The highest BCUT2D eigenvalue weighted by Gasteiger charge is 2.27. The molecule has 1 N–H and O–H groups in total. The first-order chi connectivity index (χ1) is 12.1. The van der Waals surface area contributed by atoms with Crippen molar-refractivity contribution in [2.24, 2.45) is 11.8 Å². The monoisotopic (exact) mass is 344 g/mol. The average molecular weight is 344 g/mol. The van der Waals surface area contributed by atoms with Crippen LogP contribution in [0.3, 0.4) is 0 Å². The molecule has 2 saturated heterocycles. The topological polar surface area (TPSA) is 58.6 Å². The summed E-state index contributed by atoms with van der Waals surface area (Å²) >= 11 is 0. The molecule has 2 amide bonds. The van der Waals surface area contributed by atoms with Crippen molar-refractivity contribution in [3.8, 4) is 0 Å². The third kappa shape index (κ3) is 4.82. The van der Waals surface area contributed by atoms with Gasteiger partial charge in [-0.2, -0.15) is 0 Å². The van der Waals surface area contributed by atoms with E-state index in [2.05, 4.69) is 5.32 Å². The number of nitrogens with zero attached hydrogens (tertiary/aromatic N) is 1. The fraction of sp³-hybridized carbons (Fsp3) is 0.600. The molecule has 5 nitrogen and oxygen atoms in total. The minimum Gasteiger partial charge on any atom is -0.381 e. The highest BCUT2D eigenvalue weighted by molar-refractivity contribution is 5.94. The van der Waals surface area contributed by atoms with Crippen LogP contribution < -0.4 is 5.32 Å². The van der Waals surface area contributed by atoms with Crippen LogP contribution in [0.5, 0.6) is 0 Å². The normalized spacial score (nSPS) is 21.3. The Hall–Kier alpha value is -1.88. The van der Waals surface area contributed by atoms with E-state index in [-0.39, 0.29) is 17.7 Å². The van der Waals surface area contributed by atoms with Crippen molar-refractivity contribution in [2.75, 3.05) is 32.8 Å². The third-order valence-corrected chi connectivity index (χ3v) is 5.33. The first-order valence-electron chi connectivity index (χ1n) is 9.35. The summed E-state index contributed by atoms with van der Waals surface area (Å²) in [5.74, 6) is 0.831. The molecular weight excluding hydrogens is 316 g/mol. The molecule has 0 aromatic heterocycles. The number of carbonyl (C=O) groups is 2. The maximum atomic E-state index is 12.5. The summed E-state index contributed by atoms with van der Waals surface area (Å²) in [6.07, 6.45) is 3.60. The van der Waals surface area contributed by atoms with Gasteiger partial charge in [0.05, 0.1) is 0 Å². The molecule has 25 heavy (non-hydrogen) atoms. The van der Waals surface area contributed by atoms with Crippen LogP contribution in [0.2, 0.25) is 0 Å². The van der Waals surface area contributed by atoms with E-state index in [1.165, 1.54) is 0 Å². The largest absolute Gasteiger partial charge is 0.381 e. The van der Waals surface area contributed by atoms with Crippen molar-refractivity contribution in [1.29, 1.82) is 0 Å². The highest BCUT2D eigenvalue weighted by Crippen LogP contribution is 2.20. The Morgan fingerprint density at radius 3 is 2.52 bits per heavy atom. The smallest absolute Gasteiger partial charge is 0.253 e. The zero-order chi connectivity index (χ0) is 17.6. The Morgan fingerprint density at radius 1 is 1.16 bits per heavy atom. The van der Waals surface area contributed by atoms with Gasteiger partial charge in [-0.3, -0.25) is 9.59 Å². The van der Waals surface area contributed by atoms with Gasteiger partial charge in [-0.15, -0.1) is 0 Å². The molecule has 0 saturated carbocycles. The molecule has 136 valence electrons. The Balaban J connectivity index is 1.40. The van der Waals surface area contributed by atoms with E-state index in [9.17, 15) is 9.59 Å². The zero-order valence-corrected chi connectivity index (χ0v) is 15.0. The second-order valence-corrected chi connectivity index (χ2v) is 7.24. The molecule has 0 spiro atoms. The standard InChI is InChI=1S/C20H28N2O3/c1-15-2-4-18(5-3-15)20(24)22-11-7-17(8-12-22)19(23)21-10-6-16-9-13-25-14-16/h2-5,16-17H,6-14H2,1H3,(H,21,23)/t16-/m1/s1. The van der Waals surface area contributed by atoms with E-state index in [1.807, 2.05) is 36.1 Å². The number of nitrogens with one attached hydrogen (secondary N) is 1. The van der Waals surface area contributed by atoms with Crippen molar-refractivity contribution in [3.63, 3.8) is 0 Å². The van der Waals surface area contributed by atoms with Crippen LogP contribution in [0.15, 0.2) is 24.3 Å². The molecule has 0 aliphatic carbocycles.